The first-order valence-corrected chi connectivity index (χ1v) is 10.2. The summed E-state index contributed by atoms with van der Waals surface area (Å²) in [4.78, 5) is 15.1. The number of benzene rings is 2. The van der Waals surface area contributed by atoms with Crippen LogP contribution < -0.4 is 5.32 Å². The van der Waals surface area contributed by atoms with Crippen LogP contribution in [-0.2, 0) is 22.5 Å². The molecule has 2 aliphatic heterocycles. The van der Waals surface area contributed by atoms with Gasteiger partial charge in [-0.05, 0) is 23.1 Å². The lowest BCUT2D eigenvalue weighted by Gasteiger charge is -2.40. The highest BCUT2D eigenvalue weighted by Crippen LogP contribution is 2.32. The number of hydrogen-bond acceptors (Lipinski definition) is 3. The summed E-state index contributed by atoms with van der Waals surface area (Å²) in [5, 5.41) is 3.27. The number of nitrogens with one attached hydrogen (secondary N) is 1. The van der Waals surface area contributed by atoms with Gasteiger partial charge in [-0.1, -0.05) is 60.7 Å². The van der Waals surface area contributed by atoms with E-state index in [0.29, 0.717) is 19.5 Å². The summed E-state index contributed by atoms with van der Waals surface area (Å²) in [7, 11) is 0. The van der Waals surface area contributed by atoms with Gasteiger partial charge in [-0.15, -0.1) is 6.58 Å². The van der Waals surface area contributed by atoms with Crippen molar-refractivity contribution in [2.45, 2.75) is 43.7 Å². The van der Waals surface area contributed by atoms with Crippen molar-refractivity contribution in [1.29, 1.82) is 0 Å². The van der Waals surface area contributed by atoms with E-state index in [4.69, 9.17) is 4.74 Å². The Labute approximate surface area is 171 Å². The maximum Gasteiger partial charge on any atom is 0.252 e. The minimum absolute atomic E-state index is 0.0634. The van der Waals surface area contributed by atoms with E-state index in [-0.39, 0.29) is 18.6 Å². The molecular formula is C24H27FN2O2. The van der Waals surface area contributed by atoms with Gasteiger partial charge in [0.2, 0.25) is 0 Å². The van der Waals surface area contributed by atoms with Gasteiger partial charge in [0.25, 0.3) is 5.91 Å². The van der Waals surface area contributed by atoms with E-state index in [1.807, 2.05) is 59.5 Å². The number of rotatable bonds is 5. The van der Waals surface area contributed by atoms with Crippen molar-refractivity contribution in [3.05, 3.63) is 83.9 Å². The van der Waals surface area contributed by atoms with Gasteiger partial charge >= 0.3 is 0 Å². The molecule has 4 atom stereocenters. The smallest absolute Gasteiger partial charge is 0.252 e. The molecule has 1 fully saturated rings. The first kappa shape index (κ1) is 19.8. The summed E-state index contributed by atoms with van der Waals surface area (Å²) >= 11 is 0. The largest absolute Gasteiger partial charge is 0.365 e. The fourth-order valence-electron chi connectivity index (χ4n) is 4.28. The molecule has 29 heavy (non-hydrogen) atoms. The Balaban J connectivity index is 1.43. The lowest BCUT2D eigenvalue weighted by Crippen LogP contribution is -2.53. The van der Waals surface area contributed by atoms with Crippen molar-refractivity contribution < 1.29 is 13.9 Å². The molecule has 0 spiro atoms. The normalized spacial score (nSPS) is 26.6. The first-order chi connectivity index (χ1) is 14.2. The van der Waals surface area contributed by atoms with Crippen LogP contribution >= 0.6 is 0 Å². The standard InChI is InChI=1S/C24H27FN2O2/c1-2-22-19-11-7-6-10-18(19)12-13-27(22)24(28)23-14-21(20(25)16-29-23)26-15-17-8-4-3-5-9-17/h2-11,20-23,26H,1,12-16H2/t20-,21+,22-,23+/m0/s1. The van der Waals surface area contributed by atoms with E-state index in [2.05, 4.69) is 18.0 Å². The Morgan fingerprint density at radius 2 is 1.97 bits per heavy atom. The molecular weight excluding hydrogens is 367 g/mol. The first-order valence-electron chi connectivity index (χ1n) is 10.2. The minimum atomic E-state index is -1.12. The molecule has 0 saturated carbocycles. The Kier molecular flexibility index (Phi) is 6.07. The van der Waals surface area contributed by atoms with Gasteiger partial charge in [0.1, 0.15) is 12.3 Å². The van der Waals surface area contributed by atoms with Gasteiger partial charge in [0.05, 0.1) is 12.6 Å². The van der Waals surface area contributed by atoms with Crippen molar-refractivity contribution >= 4 is 5.91 Å². The zero-order valence-electron chi connectivity index (χ0n) is 16.5. The monoisotopic (exact) mass is 394 g/mol. The second kappa shape index (κ2) is 8.89. The van der Waals surface area contributed by atoms with Crippen LogP contribution in [-0.4, -0.2) is 42.3 Å². The van der Waals surface area contributed by atoms with Crippen LogP contribution in [0.4, 0.5) is 4.39 Å². The fourth-order valence-corrected chi connectivity index (χ4v) is 4.28. The lowest BCUT2D eigenvalue weighted by molar-refractivity contribution is -0.152. The maximum absolute atomic E-state index is 14.4. The minimum Gasteiger partial charge on any atom is -0.365 e. The van der Waals surface area contributed by atoms with Gasteiger partial charge < -0.3 is 15.0 Å². The van der Waals surface area contributed by atoms with Crippen LogP contribution in [0.15, 0.2) is 67.3 Å². The molecule has 2 aromatic rings. The van der Waals surface area contributed by atoms with Crippen molar-refractivity contribution in [3.63, 3.8) is 0 Å². The number of carbonyl (C=O) groups is 1. The zero-order valence-corrected chi connectivity index (χ0v) is 16.5. The van der Waals surface area contributed by atoms with Crippen molar-refractivity contribution in [1.82, 2.24) is 10.2 Å². The average Bonchev–Trinajstić information content (AvgIpc) is 2.78. The molecule has 1 saturated heterocycles. The SMILES string of the molecule is C=C[C@H]1c2ccccc2CCN1C(=O)[C@H]1C[C@@H](NCc2ccccc2)[C@@H](F)CO1. The fraction of sp³-hybridized carbons (Fsp3) is 0.375. The molecule has 1 amide bonds. The predicted molar refractivity (Wildman–Crippen MR) is 111 cm³/mol. The molecule has 2 heterocycles. The predicted octanol–water partition coefficient (Wildman–Crippen LogP) is 3.58. The number of alkyl halides is 1. The van der Waals surface area contributed by atoms with Crippen molar-refractivity contribution in [3.8, 4) is 0 Å². The Bertz CT molecular complexity index is 857. The van der Waals surface area contributed by atoms with Crippen molar-refractivity contribution in [2.75, 3.05) is 13.2 Å². The Hall–Kier alpha value is -2.50. The van der Waals surface area contributed by atoms with E-state index in [1.165, 1.54) is 5.56 Å². The number of hydrogen-bond donors (Lipinski definition) is 1. The molecule has 0 bridgehead atoms. The summed E-state index contributed by atoms with van der Waals surface area (Å²) < 4.78 is 20.1. The molecule has 0 aromatic heterocycles. The van der Waals surface area contributed by atoms with Crippen LogP contribution in [0.1, 0.15) is 29.2 Å². The van der Waals surface area contributed by atoms with Crippen LogP contribution in [0, 0.1) is 0 Å². The second-order valence-electron chi connectivity index (χ2n) is 7.71. The van der Waals surface area contributed by atoms with Gasteiger partial charge in [-0.2, -0.15) is 0 Å². The second-order valence-corrected chi connectivity index (χ2v) is 7.71. The molecule has 5 heteroatoms. The van der Waals surface area contributed by atoms with Crippen LogP contribution in [0.25, 0.3) is 0 Å². The third-order valence-electron chi connectivity index (χ3n) is 5.89. The molecule has 0 radical (unpaired) electrons. The van der Waals surface area contributed by atoms with Crippen molar-refractivity contribution in [2.24, 2.45) is 0 Å². The molecule has 0 aliphatic carbocycles. The summed E-state index contributed by atoms with van der Waals surface area (Å²) in [6.45, 7) is 5.07. The molecule has 2 aliphatic rings. The molecule has 1 N–H and O–H groups in total. The van der Waals surface area contributed by atoms with Gasteiger partial charge in [0.15, 0.2) is 0 Å². The third-order valence-corrected chi connectivity index (χ3v) is 5.89. The molecule has 4 rings (SSSR count). The number of nitrogens with zero attached hydrogens (tertiary/aromatic N) is 1. The van der Waals surface area contributed by atoms with Gasteiger partial charge in [-0.25, -0.2) is 4.39 Å². The third kappa shape index (κ3) is 4.26. The van der Waals surface area contributed by atoms with E-state index in [0.717, 1.165) is 17.5 Å². The van der Waals surface area contributed by atoms with Crippen LogP contribution in [0.2, 0.25) is 0 Å². The number of ether oxygens (including phenoxy) is 1. The number of fused-ring (bicyclic) bond motifs is 1. The highest BCUT2D eigenvalue weighted by molar-refractivity contribution is 5.82. The van der Waals surface area contributed by atoms with E-state index < -0.39 is 18.3 Å². The molecule has 4 nitrogen and oxygen atoms in total. The Morgan fingerprint density at radius 1 is 1.21 bits per heavy atom. The maximum atomic E-state index is 14.4. The molecule has 2 aromatic carbocycles. The van der Waals surface area contributed by atoms with E-state index in [9.17, 15) is 9.18 Å². The van der Waals surface area contributed by atoms with E-state index in [1.54, 1.807) is 0 Å². The van der Waals surface area contributed by atoms with Gasteiger partial charge in [0, 0.05) is 25.6 Å². The Morgan fingerprint density at radius 3 is 2.76 bits per heavy atom. The highest BCUT2D eigenvalue weighted by atomic mass is 19.1. The van der Waals surface area contributed by atoms with Gasteiger partial charge in [-0.3, -0.25) is 4.79 Å². The lowest BCUT2D eigenvalue weighted by atomic mass is 9.91. The summed E-state index contributed by atoms with van der Waals surface area (Å²) in [6, 6.07) is 17.5. The summed E-state index contributed by atoms with van der Waals surface area (Å²) in [5.41, 5.74) is 3.45. The number of amides is 1. The zero-order chi connectivity index (χ0) is 20.2. The number of carbonyl (C=O) groups excluding carboxylic acids is 1. The van der Waals surface area contributed by atoms with Crippen LogP contribution in [0.5, 0.6) is 0 Å². The summed E-state index contributed by atoms with van der Waals surface area (Å²) in [6.07, 6.45) is 1.18. The quantitative estimate of drug-likeness (QED) is 0.788. The molecule has 0 unspecified atom stereocenters. The summed E-state index contributed by atoms with van der Waals surface area (Å²) in [5.74, 6) is -0.0807. The van der Waals surface area contributed by atoms with Crippen LogP contribution in [0.3, 0.4) is 0 Å². The topological polar surface area (TPSA) is 41.6 Å². The van der Waals surface area contributed by atoms with E-state index >= 15 is 0 Å². The number of halogens is 1. The average molecular weight is 394 g/mol. The highest BCUT2D eigenvalue weighted by Gasteiger charge is 2.39. The molecule has 152 valence electrons.